The molecular weight excluding hydrogens is 383 g/mol. The van der Waals surface area contributed by atoms with Crippen LogP contribution in [0.1, 0.15) is 26.3 Å². The lowest BCUT2D eigenvalue weighted by atomic mass is 10.1. The smallest absolute Gasteiger partial charge is 0.255 e. The zero-order valence-corrected chi connectivity index (χ0v) is 15.7. The number of halogens is 2. The van der Waals surface area contributed by atoms with Crippen molar-refractivity contribution in [2.75, 3.05) is 5.32 Å². The average molecular weight is 399 g/mol. The van der Waals surface area contributed by atoms with E-state index in [1.54, 1.807) is 30.3 Å². The molecule has 6 heteroatoms. The fourth-order valence-corrected chi connectivity index (χ4v) is 2.99. The Kier molecular flexibility index (Phi) is 6.12. The zero-order chi connectivity index (χ0) is 19.2. The Hall–Kier alpha value is -2.82. The van der Waals surface area contributed by atoms with E-state index in [-0.39, 0.29) is 23.4 Å². The van der Waals surface area contributed by atoms with Gasteiger partial charge in [0.1, 0.15) is 0 Å². The Morgan fingerprint density at radius 1 is 0.815 bits per heavy atom. The number of carbonyl (C=O) groups excluding carboxylic acids is 2. The zero-order valence-electron chi connectivity index (χ0n) is 14.2. The van der Waals surface area contributed by atoms with Crippen molar-refractivity contribution in [2.45, 2.75) is 6.54 Å². The lowest BCUT2D eigenvalue weighted by Crippen LogP contribution is -2.23. The highest BCUT2D eigenvalue weighted by atomic mass is 35.5. The van der Waals surface area contributed by atoms with Gasteiger partial charge in [-0.3, -0.25) is 9.59 Å². The molecular formula is C21H16Cl2N2O2. The Balaban J connectivity index is 1.65. The van der Waals surface area contributed by atoms with Crippen molar-refractivity contribution < 1.29 is 9.59 Å². The van der Waals surface area contributed by atoms with Crippen LogP contribution in [0.2, 0.25) is 10.0 Å². The van der Waals surface area contributed by atoms with Gasteiger partial charge in [-0.25, -0.2) is 0 Å². The predicted octanol–water partition coefficient (Wildman–Crippen LogP) is 5.18. The molecule has 3 aromatic rings. The molecule has 3 aromatic carbocycles. The summed E-state index contributed by atoms with van der Waals surface area (Å²) in [6, 6.07) is 21.0. The second-order valence-electron chi connectivity index (χ2n) is 5.83. The largest absolute Gasteiger partial charge is 0.348 e. The molecule has 0 radical (unpaired) electrons. The molecule has 0 saturated carbocycles. The van der Waals surface area contributed by atoms with Gasteiger partial charge in [-0.15, -0.1) is 0 Å². The molecule has 0 aromatic heterocycles. The maximum atomic E-state index is 12.4. The van der Waals surface area contributed by atoms with Crippen LogP contribution >= 0.6 is 23.2 Å². The minimum atomic E-state index is -0.309. The monoisotopic (exact) mass is 398 g/mol. The highest BCUT2D eigenvalue weighted by molar-refractivity contribution is 6.36. The van der Waals surface area contributed by atoms with E-state index in [2.05, 4.69) is 10.6 Å². The van der Waals surface area contributed by atoms with E-state index in [0.29, 0.717) is 16.1 Å². The molecule has 4 nitrogen and oxygen atoms in total. The van der Waals surface area contributed by atoms with Gasteiger partial charge in [0.25, 0.3) is 11.8 Å². The van der Waals surface area contributed by atoms with Crippen LogP contribution in [0.4, 0.5) is 5.69 Å². The minimum Gasteiger partial charge on any atom is -0.348 e. The summed E-state index contributed by atoms with van der Waals surface area (Å²) in [6.45, 7) is 0.268. The Labute approximate surface area is 167 Å². The third-order valence-corrected chi connectivity index (χ3v) is 4.40. The molecule has 0 spiro atoms. The van der Waals surface area contributed by atoms with Gasteiger partial charge in [0.15, 0.2) is 0 Å². The van der Waals surface area contributed by atoms with Gasteiger partial charge in [-0.1, -0.05) is 53.5 Å². The quantitative estimate of drug-likeness (QED) is 0.622. The molecule has 3 rings (SSSR count). The first-order valence-electron chi connectivity index (χ1n) is 8.21. The summed E-state index contributed by atoms with van der Waals surface area (Å²) in [5, 5.41) is 6.38. The topological polar surface area (TPSA) is 58.2 Å². The number of rotatable bonds is 5. The van der Waals surface area contributed by atoms with Crippen LogP contribution in [0.3, 0.4) is 0 Å². The summed E-state index contributed by atoms with van der Waals surface area (Å²) in [5.74, 6) is -0.522. The number of nitrogens with one attached hydrogen (secondary N) is 2. The number of carbonyl (C=O) groups is 2. The van der Waals surface area contributed by atoms with Gasteiger partial charge in [0.05, 0.1) is 10.6 Å². The minimum absolute atomic E-state index is 0.213. The summed E-state index contributed by atoms with van der Waals surface area (Å²) >= 11 is 11.9. The lowest BCUT2D eigenvalue weighted by Gasteiger charge is -2.09. The Morgan fingerprint density at radius 3 is 2.33 bits per heavy atom. The van der Waals surface area contributed by atoms with E-state index >= 15 is 0 Å². The van der Waals surface area contributed by atoms with Crippen molar-refractivity contribution in [3.63, 3.8) is 0 Å². The highest BCUT2D eigenvalue weighted by Gasteiger charge is 2.11. The maximum absolute atomic E-state index is 12.4. The van der Waals surface area contributed by atoms with Crippen LogP contribution in [0.15, 0.2) is 72.8 Å². The van der Waals surface area contributed by atoms with Crippen molar-refractivity contribution in [1.29, 1.82) is 0 Å². The first kappa shape index (κ1) is 19.0. The van der Waals surface area contributed by atoms with Gasteiger partial charge in [0.2, 0.25) is 0 Å². The van der Waals surface area contributed by atoms with Crippen LogP contribution < -0.4 is 10.6 Å². The standard InChI is InChI=1S/C21H16Cl2N2O2/c22-16-9-10-18(19(23)12-16)21(27)24-13-14-5-4-6-15(11-14)20(26)25-17-7-2-1-3-8-17/h1-12H,13H2,(H,24,27)(H,25,26). The van der Waals surface area contributed by atoms with E-state index in [1.807, 2.05) is 36.4 Å². The van der Waals surface area contributed by atoms with Crippen molar-refractivity contribution >= 4 is 40.7 Å². The number of benzene rings is 3. The Morgan fingerprint density at radius 2 is 1.59 bits per heavy atom. The molecule has 136 valence electrons. The van der Waals surface area contributed by atoms with E-state index < -0.39 is 0 Å². The Bertz CT molecular complexity index is 975. The summed E-state index contributed by atoms with van der Waals surface area (Å²) in [4.78, 5) is 24.7. The average Bonchev–Trinajstić information content (AvgIpc) is 2.67. The van der Waals surface area contributed by atoms with Gasteiger partial charge >= 0.3 is 0 Å². The molecule has 0 aliphatic heterocycles. The molecule has 0 bridgehead atoms. The fourth-order valence-electron chi connectivity index (χ4n) is 2.50. The van der Waals surface area contributed by atoms with Crippen LogP contribution in [0, 0.1) is 0 Å². The molecule has 0 fully saturated rings. The second kappa shape index (κ2) is 8.71. The second-order valence-corrected chi connectivity index (χ2v) is 6.67. The van der Waals surface area contributed by atoms with Crippen molar-refractivity contribution in [2.24, 2.45) is 0 Å². The lowest BCUT2D eigenvalue weighted by molar-refractivity contribution is 0.0950. The van der Waals surface area contributed by atoms with Crippen LogP contribution in [-0.4, -0.2) is 11.8 Å². The van der Waals surface area contributed by atoms with Gasteiger partial charge in [-0.05, 0) is 48.0 Å². The first-order valence-corrected chi connectivity index (χ1v) is 8.97. The summed E-state index contributed by atoms with van der Waals surface area (Å²) in [6.07, 6.45) is 0. The predicted molar refractivity (Wildman–Crippen MR) is 108 cm³/mol. The number of amides is 2. The summed E-state index contributed by atoms with van der Waals surface area (Å²) in [5.41, 5.74) is 2.38. The van der Waals surface area contributed by atoms with Gasteiger partial charge in [0, 0.05) is 22.8 Å². The number of hydrogen-bond acceptors (Lipinski definition) is 2. The van der Waals surface area contributed by atoms with E-state index in [0.717, 1.165) is 11.3 Å². The first-order chi connectivity index (χ1) is 13.0. The van der Waals surface area contributed by atoms with Crippen LogP contribution in [0.25, 0.3) is 0 Å². The summed E-state index contributed by atoms with van der Waals surface area (Å²) < 4.78 is 0. The molecule has 2 N–H and O–H groups in total. The van der Waals surface area contributed by atoms with Gasteiger partial charge < -0.3 is 10.6 Å². The number of anilines is 1. The number of para-hydroxylation sites is 1. The molecule has 0 atom stereocenters. The molecule has 0 saturated heterocycles. The molecule has 2 amide bonds. The third kappa shape index (κ3) is 5.09. The van der Waals surface area contributed by atoms with Crippen LogP contribution in [-0.2, 0) is 6.54 Å². The third-order valence-electron chi connectivity index (χ3n) is 3.85. The van der Waals surface area contributed by atoms with Crippen molar-refractivity contribution in [3.05, 3.63) is 99.5 Å². The van der Waals surface area contributed by atoms with E-state index in [1.165, 1.54) is 6.07 Å². The van der Waals surface area contributed by atoms with Crippen molar-refractivity contribution in [3.8, 4) is 0 Å². The molecule has 0 unspecified atom stereocenters. The normalized spacial score (nSPS) is 10.3. The SMILES string of the molecule is O=C(Nc1ccccc1)c1cccc(CNC(=O)c2ccc(Cl)cc2Cl)c1. The molecule has 0 aliphatic rings. The molecule has 0 heterocycles. The molecule has 27 heavy (non-hydrogen) atoms. The van der Waals surface area contributed by atoms with E-state index in [4.69, 9.17) is 23.2 Å². The maximum Gasteiger partial charge on any atom is 0.255 e. The van der Waals surface area contributed by atoms with Gasteiger partial charge in [-0.2, -0.15) is 0 Å². The number of hydrogen-bond donors (Lipinski definition) is 2. The molecule has 0 aliphatic carbocycles. The highest BCUT2D eigenvalue weighted by Crippen LogP contribution is 2.21. The van der Waals surface area contributed by atoms with Crippen LogP contribution in [0.5, 0.6) is 0 Å². The fraction of sp³-hybridized carbons (Fsp3) is 0.0476. The van der Waals surface area contributed by atoms with Crippen molar-refractivity contribution in [1.82, 2.24) is 5.32 Å². The summed E-state index contributed by atoms with van der Waals surface area (Å²) in [7, 11) is 0. The van der Waals surface area contributed by atoms with E-state index in [9.17, 15) is 9.59 Å².